The molecule has 4 aliphatic rings. The van der Waals surface area contributed by atoms with Crippen LogP contribution in [0.15, 0.2) is 0 Å². The van der Waals surface area contributed by atoms with Gasteiger partial charge in [-0.2, -0.15) is 17.0 Å². The van der Waals surface area contributed by atoms with Crippen LogP contribution in [0.4, 0.5) is 0 Å². The summed E-state index contributed by atoms with van der Waals surface area (Å²) in [5, 5.41) is 14.6. The zero-order chi connectivity index (χ0) is 18.8. The fourth-order valence-electron chi connectivity index (χ4n) is 5.80. The lowest BCUT2D eigenvalue weighted by Gasteiger charge is -2.51. The highest BCUT2D eigenvalue weighted by molar-refractivity contribution is 9.09. The Balaban J connectivity index is 1.48. The Bertz CT molecular complexity index is 538. The minimum Gasteiger partial charge on any atom is -0.362 e. The zero-order valence-corrected chi connectivity index (χ0v) is 18.9. The van der Waals surface area contributed by atoms with E-state index < -0.39 is 0 Å². The van der Waals surface area contributed by atoms with Crippen molar-refractivity contribution in [1.29, 1.82) is 5.26 Å². The Morgan fingerprint density at radius 2 is 2.04 bits per heavy atom. The third kappa shape index (κ3) is 4.53. The number of likely N-dealkylation sites (tertiary alicyclic amines) is 1. The Morgan fingerprint density at radius 3 is 2.78 bits per heavy atom. The van der Waals surface area contributed by atoms with Crippen molar-refractivity contribution in [2.75, 3.05) is 32.5 Å². The van der Waals surface area contributed by atoms with Gasteiger partial charge in [0.1, 0.15) is 6.23 Å². The first-order valence-electron chi connectivity index (χ1n) is 10.9. The smallest absolute Gasteiger partial charge is 0.124 e. The van der Waals surface area contributed by atoms with Crippen molar-refractivity contribution in [3.05, 3.63) is 0 Å². The van der Waals surface area contributed by atoms with E-state index in [9.17, 15) is 5.26 Å². The molecule has 1 aliphatic carbocycles. The molecule has 0 aromatic carbocycles. The van der Waals surface area contributed by atoms with Crippen LogP contribution in [0.5, 0.6) is 0 Å². The van der Waals surface area contributed by atoms with Crippen molar-refractivity contribution in [2.45, 2.75) is 67.3 Å². The second-order valence-corrected chi connectivity index (χ2v) is 11.6. The molecule has 4 rings (SSSR count). The first kappa shape index (κ1) is 20.5. The minimum absolute atomic E-state index is 0.0298. The van der Waals surface area contributed by atoms with Gasteiger partial charge in [-0.3, -0.25) is 5.32 Å². The van der Waals surface area contributed by atoms with Crippen LogP contribution in [0.3, 0.4) is 0 Å². The Hall–Kier alpha value is 0.200. The molecule has 0 spiro atoms. The molecule has 0 amide bonds. The number of thioether (sulfide) groups is 1. The van der Waals surface area contributed by atoms with Crippen LogP contribution in [-0.4, -0.2) is 59.7 Å². The van der Waals surface area contributed by atoms with Gasteiger partial charge >= 0.3 is 0 Å². The number of nitrogens with zero attached hydrogens (tertiary/aromatic N) is 2. The number of halogens is 1. The van der Waals surface area contributed by atoms with E-state index in [1.807, 2.05) is 0 Å². The number of nitriles is 1. The maximum absolute atomic E-state index is 10.0. The normalized spacial score (nSPS) is 46.0. The van der Waals surface area contributed by atoms with Crippen molar-refractivity contribution in [3.8, 4) is 6.07 Å². The van der Waals surface area contributed by atoms with Crippen molar-refractivity contribution >= 4 is 27.7 Å². The van der Waals surface area contributed by atoms with E-state index in [1.54, 1.807) is 0 Å². The molecule has 0 aromatic heterocycles. The van der Waals surface area contributed by atoms with Crippen molar-refractivity contribution in [3.63, 3.8) is 0 Å². The first-order chi connectivity index (χ1) is 13.2. The molecule has 1 saturated carbocycles. The maximum atomic E-state index is 10.0. The van der Waals surface area contributed by atoms with Gasteiger partial charge in [-0.05, 0) is 69.2 Å². The molecule has 4 nitrogen and oxygen atoms in total. The lowest BCUT2D eigenvalue weighted by atomic mass is 9.69. The molecule has 152 valence electrons. The molecule has 8 unspecified atom stereocenters. The average molecular weight is 456 g/mol. The molecule has 6 heteroatoms. The number of ether oxygens (including phenoxy) is 1. The summed E-state index contributed by atoms with van der Waals surface area (Å²) in [4.78, 5) is 2.99. The molecular formula is C21H34BrN3OS. The Kier molecular flexibility index (Phi) is 7.08. The summed E-state index contributed by atoms with van der Waals surface area (Å²) < 4.78 is 6.48. The van der Waals surface area contributed by atoms with Gasteiger partial charge in [-0.1, -0.05) is 28.8 Å². The molecule has 3 saturated heterocycles. The van der Waals surface area contributed by atoms with E-state index in [0.717, 1.165) is 19.7 Å². The van der Waals surface area contributed by atoms with Gasteiger partial charge in [0, 0.05) is 22.7 Å². The topological polar surface area (TPSA) is 48.3 Å². The van der Waals surface area contributed by atoms with Crippen LogP contribution in [-0.2, 0) is 4.74 Å². The molecule has 0 aromatic rings. The number of piperidine rings is 2. The summed E-state index contributed by atoms with van der Waals surface area (Å²) in [6.07, 6.45) is 8.91. The van der Waals surface area contributed by atoms with E-state index in [4.69, 9.17) is 4.74 Å². The van der Waals surface area contributed by atoms with E-state index >= 15 is 0 Å². The molecule has 3 aliphatic heterocycles. The van der Waals surface area contributed by atoms with Crippen LogP contribution < -0.4 is 5.32 Å². The third-order valence-corrected chi connectivity index (χ3v) is 10.0. The summed E-state index contributed by atoms with van der Waals surface area (Å²) in [5.41, 5.74) is 0. The quantitative estimate of drug-likeness (QED) is 0.652. The molecule has 8 atom stereocenters. The predicted octanol–water partition coefficient (Wildman–Crippen LogP) is 3.86. The van der Waals surface area contributed by atoms with E-state index in [0.29, 0.717) is 33.9 Å². The first-order valence-corrected chi connectivity index (χ1v) is 12.9. The Labute approximate surface area is 177 Å². The molecule has 0 radical (unpaired) electrons. The van der Waals surface area contributed by atoms with Gasteiger partial charge in [-0.25, -0.2) is 0 Å². The number of alkyl halides is 1. The molecular weight excluding hydrogens is 422 g/mol. The summed E-state index contributed by atoms with van der Waals surface area (Å²) >= 11 is 6.01. The number of fused-ring (bicyclic) bond motifs is 1. The van der Waals surface area contributed by atoms with Crippen molar-refractivity contribution in [2.24, 2.45) is 23.7 Å². The highest BCUT2D eigenvalue weighted by Crippen LogP contribution is 2.43. The summed E-state index contributed by atoms with van der Waals surface area (Å²) in [5.74, 6) is 2.92. The molecule has 3 heterocycles. The number of nitrogens with one attached hydrogen (secondary N) is 1. The van der Waals surface area contributed by atoms with Gasteiger partial charge in [-0.15, -0.1) is 0 Å². The lowest BCUT2D eigenvalue weighted by molar-refractivity contribution is -0.0917. The van der Waals surface area contributed by atoms with Crippen molar-refractivity contribution < 1.29 is 4.74 Å². The summed E-state index contributed by atoms with van der Waals surface area (Å²) in [7, 11) is 2.21. The van der Waals surface area contributed by atoms with Gasteiger partial charge in [0.2, 0.25) is 0 Å². The summed E-state index contributed by atoms with van der Waals surface area (Å²) in [6.45, 7) is 2.99. The second kappa shape index (κ2) is 9.34. The van der Waals surface area contributed by atoms with Gasteiger partial charge in [0.15, 0.2) is 0 Å². The standard InChI is InChI=1S/C21H34BrN3OS/c1-25-9-8-15-17(12-25)16(11-23)21(24-20(15)19-7-4-10-27-19)26-13-14-5-2-3-6-18(14)22/h14-21,24H,2-10,12-13H2,1H3. The molecule has 1 N–H and O–H groups in total. The van der Waals surface area contributed by atoms with E-state index in [1.165, 1.54) is 50.7 Å². The van der Waals surface area contributed by atoms with Gasteiger partial charge < -0.3 is 9.64 Å². The van der Waals surface area contributed by atoms with Gasteiger partial charge in [0.25, 0.3) is 0 Å². The second-order valence-electron chi connectivity index (χ2n) is 9.09. The lowest BCUT2D eigenvalue weighted by Crippen LogP contribution is -2.64. The molecule has 0 bridgehead atoms. The monoisotopic (exact) mass is 455 g/mol. The SMILES string of the molecule is CN1CCC2C(C1)C(C#N)C(OCC1CCCCC1Br)NC2C1CCCS1. The third-order valence-electron chi connectivity index (χ3n) is 7.34. The largest absolute Gasteiger partial charge is 0.362 e. The summed E-state index contributed by atoms with van der Waals surface area (Å²) in [6, 6.07) is 3.16. The fourth-order valence-corrected chi connectivity index (χ4v) is 8.00. The fraction of sp³-hybridized carbons (Fsp3) is 0.952. The number of hydrogen-bond acceptors (Lipinski definition) is 5. The minimum atomic E-state index is -0.101. The van der Waals surface area contributed by atoms with Crippen LogP contribution in [0, 0.1) is 35.0 Å². The van der Waals surface area contributed by atoms with E-state index in [2.05, 4.69) is 51.0 Å². The maximum Gasteiger partial charge on any atom is 0.124 e. The van der Waals surface area contributed by atoms with Crippen LogP contribution in [0.1, 0.15) is 44.9 Å². The number of rotatable bonds is 4. The Morgan fingerprint density at radius 1 is 1.19 bits per heavy atom. The van der Waals surface area contributed by atoms with Crippen LogP contribution >= 0.6 is 27.7 Å². The van der Waals surface area contributed by atoms with Gasteiger partial charge in [0.05, 0.1) is 18.6 Å². The predicted molar refractivity (Wildman–Crippen MR) is 115 cm³/mol. The highest BCUT2D eigenvalue weighted by atomic mass is 79.9. The average Bonchev–Trinajstić information content (AvgIpc) is 3.21. The number of hydrogen-bond donors (Lipinski definition) is 1. The molecule has 27 heavy (non-hydrogen) atoms. The zero-order valence-electron chi connectivity index (χ0n) is 16.5. The molecule has 4 fully saturated rings. The highest BCUT2D eigenvalue weighted by Gasteiger charge is 2.49. The van der Waals surface area contributed by atoms with Crippen LogP contribution in [0.2, 0.25) is 0 Å². The van der Waals surface area contributed by atoms with Crippen LogP contribution in [0.25, 0.3) is 0 Å². The van der Waals surface area contributed by atoms with Crippen molar-refractivity contribution in [1.82, 2.24) is 10.2 Å². The van der Waals surface area contributed by atoms with E-state index in [-0.39, 0.29) is 12.1 Å².